The van der Waals surface area contributed by atoms with Crippen LogP contribution >= 0.6 is 0 Å². The van der Waals surface area contributed by atoms with Crippen molar-refractivity contribution < 1.29 is 23.5 Å². The van der Waals surface area contributed by atoms with E-state index in [-0.39, 0.29) is 24.9 Å². The fourth-order valence-electron chi connectivity index (χ4n) is 3.50. The van der Waals surface area contributed by atoms with E-state index in [4.69, 9.17) is 13.9 Å². The van der Waals surface area contributed by atoms with Gasteiger partial charge in [-0.25, -0.2) is 0 Å². The molecule has 0 aliphatic rings. The molecule has 0 unspecified atom stereocenters. The fraction of sp³-hybridized carbons (Fsp3) is 0.308. The molecule has 0 radical (unpaired) electrons. The molecule has 0 atom stereocenters. The molecule has 0 saturated carbocycles. The summed E-state index contributed by atoms with van der Waals surface area (Å²) in [6, 6.07) is 20.5. The number of ether oxygens (including phenoxy) is 2. The van der Waals surface area contributed by atoms with Crippen molar-refractivity contribution in [3.05, 3.63) is 89.4 Å². The highest BCUT2D eigenvalue weighted by molar-refractivity contribution is 5.98. The van der Waals surface area contributed by atoms with Crippen LogP contribution in [0.15, 0.2) is 71.1 Å². The lowest BCUT2D eigenvalue weighted by molar-refractivity contribution is -0.133. The molecule has 1 heterocycles. The van der Waals surface area contributed by atoms with Gasteiger partial charge in [-0.3, -0.25) is 9.59 Å². The molecule has 7 heteroatoms. The first kappa shape index (κ1) is 24.1. The lowest BCUT2D eigenvalue weighted by Gasteiger charge is -2.27. The molecule has 7 nitrogen and oxygen atoms in total. The van der Waals surface area contributed by atoms with E-state index in [2.05, 4.69) is 0 Å². The molecule has 0 bridgehead atoms. The van der Waals surface area contributed by atoms with Gasteiger partial charge in [-0.1, -0.05) is 42.5 Å². The predicted octanol–water partition coefficient (Wildman–Crippen LogP) is 3.91. The number of methoxy groups -OCH3 is 2. The number of furan rings is 1. The zero-order chi connectivity index (χ0) is 23.6. The first-order chi connectivity index (χ1) is 16.0. The molecule has 0 saturated heterocycles. The van der Waals surface area contributed by atoms with Gasteiger partial charge in [0.25, 0.3) is 5.91 Å². The van der Waals surface area contributed by atoms with Crippen molar-refractivity contribution in [2.75, 3.05) is 33.9 Å². The molecular formula is C26H30N2O5. The van der Waals surface area contributed by atoms with E-state index < -0.39 is 0 Å². The Balaban J connectivity index is 1.82. The van der Waals surface area contributed by atoms with Crippen LogP contribution in [0.2, 0.25) is 0 Å². The number of hydrogen-bond acceptors (Lipinski definition) is 5. The second-order valence-electron chi connectivity index (χ2n) is 7.67. The Bertz CT molecular complexity index is 1050. The standard InChI is InChI=1S/C26H30N2O5/c1-20-13-14-22(33-20)18-28(17-21-9-5-4-6-10-21)25(29)19-27(15-16-31-2)26(30)23-11-7-8-12-24(23)32-3/h4-14H,15-19H2,1-3H3. The molecule has 33 heavy (non-hydrogen) atoms. The van der Waals surface area contributed by atoms with Crippen LogP contribution in [0.4, 0.5) is 0 Å². The van der Waals surface area contributed by atoms with Gasteiger partial charge in [0.2, 0.25) is 5.91 Å². The highest BCUT2D eigenvalue weighted by Crippen LogP contribution is 2.20. The molecule has 0 aliphatic carbocycles. The van der Waals surface area contributed by atoms with Crippen LogP contribution < -0.4 is 4.74 Å². The van der Waals surface area contributed by atoms with Gasteiger partial charge < -0.3 is 23.7 Å². The third-order valence-electron chi connectivity index (χ3n) is 5.23. The number of nitrogens with zero attached hydrogens (tertiary/aromatic N) is 2. The van der Waals surface area contributed by atoms with Crippen LogP contribution in [0.5, 0.6) is 5.75 Å². The Morgan fingerprint density at radius 2 is 1.61 bits per heavy atom. The Kier molecular flexibility index (Phi) is 8.66. The monoisotopic (exact) mass is 450 g/mol. The Labute approximate surface area is 194 Å². The summed E-state index contributed by atoms with van der Waals surface area (Å²) < 4.78 is 16.2. The lowest BCUT2D eigenvalue weighted by atomic mass is 10.1. The first-order valence-corrected chi connectivity index (χ1v) is 10.8. The zero-order valence-corrected chi connectivity index (χ0v) is 19.3. The largest absolute Gasteiger partial charge is 0.496 e. The van der Waals surface area contributed by atoms with Gasteiger partial charge in [-0.15, -0.1) is 0 Å². The second kappa shape index (κ2) is 11.9. The number of hydrogen-bond donors (Lipinski definition) is 0. The average molecular weight is 451 g/mol. The van der Waals surface area contributed by atoms with E-state index in [1.807, 2.05) is 49.4 Å². The SMILES string of the molecule is COCCN(CC(=O)N(Cc1ccccc1)Cc1ccc(C)o1)C(=O)c1ccccc1OC. The molecule has 3 aromatic rings. The number of aryl methyl sites for hydroxylation is 1. The van der Waals surface area contributed by atoms with E-state index in [1.54, 1.807) is 36.3 Å². The number of rotatable bonds is 11. The molecule has 2 aromatic carbocycles. The minimum atomic E-state index is -0.286. The lowest BCUT2D eigenvalue weighted by Crippen LogP contribution is -2.43. The highest BCUT2D eigenvalue weighted by atomic mass is 16.5. The smallest absolute Gasteiger partial charge is 0.258 e. The number of para-hydroxylation sites is 1. The van der Waals surface area contributed by atoms with E-state index in [9.17, 15) is 9.59 Å². The maximum atomic E-state index is 13.4. The highest BCUT2D eigenvalue weighted by Gasteiger charge is 2.25. The quantitative estimate of drug-likeness (QED) is 0.443. The van der Waals surface area contributed by atoms with Gasteiger partial charge in [0, 0.05) is 20.2 Å². The van der Waals surface area contributed by atoms with E-state index in [1.165, 1.54) is 12.0 Å². The molecular weight excluding hydrogens is 420 g/mol. The van der Waals surface area contributed by atoms with Crippen LogP contribution in [0.3, 0.4) is 0 Å². The molecule has 2 amide bonds. The number of carbonyl (C=O) groups is 2. The van der Waals surface area contributed by atoms with Crippen LogP contribution in [0.1, 0.15) is 27.4 Å². The second-order valence-corrected chi connectivity index (χ2v) is 7.67. The minimum Gasteiger partial charge on any atom is -0.496 e. The van der Waals surface area contributed by atoms with Crippen LogP contribution in [0.25, 0.3) is 0 Å². The van der Waals surface area contributed by atoms with Gasteiger partial charge in [0.1, 0.15) is 23.8 Å². The first-order valence-electron chi connectivity index (χ1n) is 10.8. The minimum absolute atomic E-state index is 0.0905. The van der Waals surface area contributed by atoms with Crippen molar-refractivity contribution in [2.24, 2.45) is 0 Å². The van der Waals surface area contributed by atoms with E-state index >= 15 is 0 Å². The molecule has 174 valence electrons. The van der Waals surface area contributed by atoms with Crippen LogP contribution in [0, 0.1) is 6.92 Å². The maximum absolute atomic E-state index is 13.4. The summed E-state index contributed by atoms with van der Waals surface area (Å²) in [6.45, 7) is 3.07. The summed E-state index contributed by atoms with van der Waals surface area (Å²) in [5, 5.41) is 0. The van der Waals surface area contributed by atoms with Gasteiger partial charge in [-0.05, 0) is 36.8 Å². The van der Waals surface area contributed by atoms with E-state index in [0.717, 1.165) is 11.3 Å². The Morgan fingerprint density at radius 1 is 0.879 bits per heavy atom. The number of amides is 2. The summed E-state index contributed by atoms with van der Waals surface area (Å²) in [4.78, 5) is 29.9. The Hall–Kier alpha value is -3.58. The number of carbonyl (C=O) groups excluding carboxylic acids is 2. The van der Waals surface area contributed by atoms with Gasteiger partial charge in [-0.2, -0.15) is 0 Å². The van der Waals surface area contributed by atoms with Crippen molar-refractivity contribution in [3.8, 4) is 5.75 Å². The third kappa shape index (κ3) is 6.70. The zero-order valence-electron chi connectivity index (χ0n) is 19.3. The molecule has 1 aromatic heterocycles. The topological polar surface area (TPSA) is 72.2 Å². The van der Waals surface area contributed by atoms with Gasteiger partial charge in [0.05, 0.1) is 25.8 Å². The Morgan fingerprint density at radius 3 is 2.27 bits per heavy atom. The maximum Gasteiger partial charge on any atom is 0.258 e. The van der Waals surface area contributed by atoms with Crippen molar-refractivity contribution in [1.82, 2.24) is 9.80 Å². The summed E-state index contributed by atoms with van der Waals surface area (Å²) in [5.41, 5.74) is 1.40. The average Bonchev–Trinajstić information content (AvgIpc) is 3.25. The van der Waals surface area contributed by atoms with Crippen molar-refractivity contribution in [1.29, 1.82) is 0 Å². The van der Waals surface area contributed by atoms with Gasteiger partial charge >= 0.3 is 0 Å². The van der Waals surface area contributed by atoms with Crippen molar-refractivity contribution in [2.45, 2.75) is 20.0 Å². The van der Waals surface area contributed by atoms with Crippen molar-refractivity contribution in [3.63, 3.8) is 0 Å². The fourth-order valence-corrected chi connectivity index (χ4v) is 3.50. The summed E-state index contributed by atoms with van der Waals surface area (Å²) in [6.07, 6.45) is 0. The molecule has 0 aliphatic heterocycles. The van der Waals surface area contributed by atoms with Crippen LogP contribution in [-0.4, -0.2) is 55.5 Å². The van der Waals surface area contributed by atoms with E-state index in [0.29, 0.717) is 36.8 Å². The van der Waals surface area contributed by atoms with Crippen LogP contribution in [-0.2, 0) is 22.6 Å². The van der Waals surface area contributed by atoms with Crippen molar-refractivity contribution >= 4 is 11.8 Å². The molecule has 3 rings (SSSR count). The summed E-state index contributed by atoms with van der Waals surface area (Å²) >= 11 is 0. The normalized spacial score (nSPS) is 10.6. The predicted molar refractivity (Wildman–Crippen MR) is 125 cm³/mol. The summed E-state index contributed by atoms with van der Waals surface area (Å²) in [7, 11) is 3.08. The molecule has 0 spiro atoms. The third-order valence-corrected chi connectivity index (χ3v) is 5.23. The van der Waals surface area contributed by atoms with Gasteiger partial charge in [0.15, 0.2) is 0 Å². The molecule has 0 fully saturated rings. The summed E-state index contributed by atoms with van der Waals surface area (Å²) in [5.74, 6) is 1.46. The molecule has 0 N–H and O–H groups in total. The number of benzene rings is 2.